The van der Waals surface area contributed by atoms with E-state index in [2.05, 4.69) is 23.6 Å². The van der Waals surface area contributed by atoms with E-state index in [1.807, 2.05) is 0 Å². The Hall–Kier alpha value is -0.780. The Balaban J connectivity index is 1.75. The number of ether oxygens (including phenoxy) is 1. The molecule has 31 heavy (non-hydrogen) atoms. The lowest BCUT2D eigenvalue weighted by molar-refractivity contribution is -0.0238. The lowest BCUT2D eigenvalue weighted by atomic mass is 10.1. The average Bonchev–Trinajstić information content (AvgIpc) is 3.04. The number of rotatable bonds is 5. The van der Waals surface area contributed by atoms with Gasteiger partial charge in [0.25, 0.3) is 5.56 Å². The minimum absolute atomic E-state index is 0.0204. The smallest absolute Gasteiger partial charge is 0.352 e. The van der Waals surface area contributed by atoms with Crippen molar-refractivity contribution in [3.63, 3.8) is 0 Å². The molecule has 2 unspecified atom stereocenters. The Morgan fingerprint density at radius 2 is 2.03 bits per heavy atom. The highest BCUT2D eigenvalue weighted by atomic mass is 35.5. The molecule has 5 atom stereocenters. The summed E-state index contributed by atoms with van der Waals surface area (Å²) in [6, 6.07) is -0.865. The number of azide groups is 1. The Morgan fingerprint density at radius 1 is 1.42 bits per heavy atom. The number of hydrogen-bond acceptors (Lipinski definition) is 9. The number of hydrogen-bond donors (Lipinski definition) is 3. The first-order chi connectivity index (χ1) is 14.3. The maximum absolute atomic E-state index is 12.1. The number of halogens is 2. The minimum atomic E-state index is -5.04. The van der Waals surface area contributed by atoms with Gasteiger partial charge in [0.05, 0.1) is 18.8 Å². The molecule has 15 nitrogen and oxygen atoms in total. The fourth-order valence-electron chi connectivity index (χ4n) is 2.66. The number of aromatic nitrogens is 2. The van der Waals surface area contributed by atoms with Crippen molar-refractivity contribution in [1.82, 2.24) is 9.55 Å². The molecule has 2 saturated heterocycles. The summed E-state index contributed by atoms with van der Waals surface area (Å²) in [7, 11) is -12.9. The van der Waals surface area contributed by atoms with E-state index in [0.717, 1.165) is 4.57 Å². The van der Waals surface area contributed by atoms with E-state index in [4.69, 9.17) is 38.0 Å². The first-order valence-corrected chi connectivity index (χ1v) is 13.2. The van der Waals surface area contributed by atoms with E-state index in [1.54, 1.807) is 0 Å². The van der Waals surface area contributed by atoms with Crippen LogP contribution < -0.4 is 11.2 Å². The molecule has 0 amide bonds. The van der Waals surface area contributed by atoms with Gasteiger partial charge in [-0.15, -0.1) is 0 Å². The van der Waals surface area contributed by atoms with Gasteiger partial charge in [0.15, 0.2) is 0 Å². The third-order valence-corrected chi connectivity index (χ3v) is 12.9. The highest BCUT2D eigenvalue weighted by molar-refractivity contribution is 7.86. The zero-order valence-electron chi connectivity index (χ0n) is 15.3. The van der Waals surface area contributed by atoms with Gasteiger partial charge in [-0.05, 0) is 12.5 Å². The highest BCUT2D eigenvalue weighted by Gasteiger charge is 2.67. The molecule has 0 aromatic carbocycles. The van der Waals surface area contributed by atoms with Gasteiger partial charge >= 0.3 is 33.3 Å². The van der Waals surface area contributed by atoms with Crippen molar-refractivity contribution in [1.29, 1.82) is 0 Å². The molecule has 3 rings (SSSR count). The number of nitrogens with zero attached hydrogens (tertiary/aromatic N) is 4. The third-order valence-electron chi connectivity index (χ3n) is 4.24. The summed E-state index contributed by atoms with van der Waals surface area (Å²) in [5, 5.41) is 3.56. The van der Waals surface area contributed by atoms with Gasteiger partial charge in [-0.2, -0.15) is 0 Å². The average molecular weight is 540 g/mol. The van der Waals surface area contributed by atoms with E-state index in [9.17, 15) is 28.5 Å². The van der Waals surface area contributed by atoms with Crippen LogP contribution >= 0.6 is 47.0 Å². The van der Waals surface area contributed by atoms with Crippen LogP contribution in [0.25, 0.3) is 10.4 Å². The molecule has 0 radical (unpaired) electrons. The summed E-state index contributed by atoms with van der Waals surface area (Å²) >= 11 is 10.9. The fraction of sp³-hybridized carbons (Fsp3) is 0.636. The maximum Gasteiger partial charge on any atom is 0.383 e. The Kier molecular flexibility index (Phi) is 7.11. The van der Waals surface area contributed by atoms with Crippen molar-refractivity contribution in [3.05, 3.63) is 43.0 Å². The van der Waals surface area contributed by atoms with Crippen LogP contribution in [0, 0.1) is 6.92 Å². The summed E-state index contributed by atoms with van der Waals surface area (Å²) in [5.41, 5.74) is 7.69. The molecule has 2 aliphatic rings. The number of nitrogens with one attached hydrogen (secondary N) is 1. The maximum atomic E-state index is 12.1. The standard InChI is InChI=1S/C11H14Cl2N5O10P3/c1-5-3-18(10(20)15-9(5)19)8-2-6(16-17-14)7(26-8)4-25-29-27-30(21,22)11(12,13)31(23,24)28-29/h3,6-8H,2,4H2,1H3,(H,21,22)(H,23,24)(H,15,19,20)/t6-,7+,8+/m0/s1. The quantitative estimate of drug-likeness (QED) is 0.163. The van der Waals surface area contributed by atoms with Crippen LogP contribution in [0.5, 0.6) is 0 Å². The van der Waals surface area contributed by atoms with Crippen molar-refractivity contribution >= 4 is 47.0 Å². The minimum Gasteiger partial charge on any atom is -0.352 e. The Morgan fingerprint density at radius 3 is 2.61 bits per heavy atom. The molecule has 0 spiro atoms. The predicted octanol–water partition coefficient (Wildman–Crippen LogP) is 2.56. The zero-order chi connectivity index (χ0) is 23.2. The van der Waals surface area contributed by atoms with Gasteiger partial charge in [0, 0.05) is 23.1 Å². The van der Waals surface area contributed by atoms with E-state index >= 15 is 0 Å². The lowest BCUT2D eigenvalue weighted by Gasteiger charge is -2.35. The normalized spacial score (nSPS) is 37.3. The summed E-state index contributed by atoms with van der Waals surface area (Å²) in [6.07, 6.45) is -0.666. The second kappa shape index (κ2) is 8.87. The second-order valence-electron chi connectivity index (χ2n) is 6.35. The number of aryl methyl sites for hydroxylation is 1. The van der Waals surface area contributed by atoms with Crippen molar-refractivity contribution in [2.24, 2.45) is 5.11 Å². The van der Waals surface area contributed by atoms with Crippen LogP contribution in [-0.4, -0.2) is 41.9 Å². The third kappa shape index (κ3) is 4.79. The summed E-state index contributed by atoms with van der Waals surface area (Å²) in [6.45, 7) is 0.990. The van der Waals surface area contributed by atoms with Crippen molar-refractivity contribution < 1.29 is 36.8 Å². The molecule has 20 heteroatoms. The largest absolute Gasteiger partial charge is 0.383 e. The van der Waals surface area contributed by atoms with E-state index in [0.29, 0.717) is 0 Å². The van der Waals surface area contributed by atoms with E-state index in [1.165, 1.54) is 13.1 Å². The molecule has 0 saturated carbocycles. The molecule has 1 aromatic heterocycles. The van der Waals surface area contributed by atoms with Gasteiger partial charge in [0.2, 0.25) is 0 Å². The molecule has 0 aliphatic carbocycles. The van der Waals surface area contributed by atoms with Gasteiger partial charge in [-0.3, -0.25) is 23.5 Å². The number of H-pyrrole nitrogens is 1. The molecule has 172 valence electrons. The molecular weight excluding hydrogens is 526 g/mol. The van der Waals surface area contributed by atoms with Crippen LogP contribution in [0.3, 0.4) is 0 Å². The Bertz CT molecular complexity index is 1110. The van der Waals surface area contributed by atoms with Gasteiger partial charge in [-0.25, -0.2) is 13.4 Å². The SMILES string of the molecule is Cc1cn([C@H]2C[C@H](N=[N+]=[N-])[C@@H](COP3OP(=O)(O)C(Cl)(Cl)P(=O)(O)O3)O2)c(=O)[nH]c1=O. The number of aromatic amines is 1. The first-order valence-electron chi connectivity index (χ1n) is 8.17. The van der Waals surface area contributed by atoms with E-state index < -0.39 is 63.8 Å². The molecule has 2 aliphatic heterocycles. The predicted molar refractivity (Wildman–Crippen MR) is 107 cm³/mol. The van der Waals surface area contributed by atoms with Gasteiger partial charge < -0.3 is 19.0 Å². The molecule has 2 fully saturated rings. The van der Waals surface area contributed by atoms with Crippen LogP contribution in [0.15, 0.2) is 20.9 Å². The molecule has 1 aromatic rings. The van der Waals surface area contributed by atoms with Crippen molar-refractivity contribution in [3.8, 4) is 0 Å². The highest BCUT2D eigenvalue weighted by Crippen LogP contribution is 2.87. The number of alkyl halides is 2. The topological polar surface area (TPSA) is 215 Å². The van der Waals surface area contributed by atoms with Crippen LogP contribution in [0.2, 0.25) is 0 Å². The molecule has 3 N–H and O–H groups in total. The Labute approximate surface area is 183 Å². The van der Waals surface area contributed by atoms with Crippen LogP contribution in [0.4, 0.5) is 0 Å². The summed E-state index contributed by atoms with van der Waals surface area (Å²) in [5.74, 6) is 0. The summed E-state index contributed by atoms with van der Waals surface area (Å²) in [4.78, 5) is 47.9. The lowest BCUT2D eigenvalue weighted by Crippen LogP contribution is -2.33. The van der Waals surface area contributed by atoms with Crippen LogP contribution in [-0.2, 0) is 27.0 Å². The molecule has 3 heterocycles. The summed E-state index contributed by atoms with van der Waals surface area (Å²) < 4.78 is 42.1. The van der Waals surface area contributed by atoms with Gasteiger partial charge in [0.1, 0.15) is 6.23 Å². The van der Waals surface area contributed by atoms with Crippen molar-refractivity contribution in [2.45, 2.75) is 35.5 Å². The van der Waals surface area contributed by atoms with Crippen molar-refractivity contribution in [2.75, 3.05) is 6.61 Å². The zero-order valence-corrected chi connectivity index (χ0v) is 19.5. The van der Waals surface area contributed by atoms with E-state index in [-0.39, 0.29) is 12.0 Å². The molecular formula is C11H14Cl2N5O10P3. The molecule has 0 bridgehead atoms. The van der Waals surface area contributed by atoms with Gasteiger partial charge in [-0.1, -0.05) is 28.3 Å². The fourth-order valence-corrected chi connectivity index (χ4v) is 8.97. The monoisotopic (exact) mass is 539 g/mol. The first kappa shape index (κ1) is 24.9. The second-order valence-corrected chi connectivity index (χ2v) is 14.5. The van der Waals surface area contributed by atoms with Crippen LogP contribution in [0.1, 0.15) is 18.2 Å².